The maximum absolute atomic E-state index is 12.4. The first-order chi connectivity index (χ1) is 10.2. The molecule has 1 aromatic heterocycles. The normalized spacial score (nSPS) is 16.0. The average molecular weight is 305 g/mol. The van der Waals surface area contributed by atoms with Gasteiger partial charge in [0.05, 0.1) is 16.8 Å². The van der Waals surface area contributed by atoms with Crippen LogP contribution in [0.15, 0.2) is 35.1 Å². The van der Waals surface area contributed by atoms with E-state index in [-0.39, 0.29) is 17.4 Å². The lowest BCUT2D eigenvalue weighted by Gasteiger charge is -2.24. The zero-order valence-electron chi connectivity index (χ0n) is 11.6. The van der Waals surface area contributed by atoms with E-state index in [0.29, 0.717) is 16.5 Å². The Balaban J connectivity index is 2.19. The summed E-state index contributed by atoms with van der Waals surface area (Å²) in [4.78, 5) is 16.6. The summed E-state index contributed by atoms with van der Waals surface area (Å²) in [7, 11) is 0. The highest BCUT2D eigenvalue weighted by molar-refractivity contribution is 6.32. The summed E-state index contributed by atoms with van der Waals surface area (Å²) in [6, 6.07) is 8.35. The Bertz CT molecular complexity index is 706. The lowest BCUT2D eigenvalue weighted by atomic mass is 9.88. The van der Waals surface area contributed by atoms with Crippen molar-refractivity contribution < 1.29 is 5.11 Å². The number of aromatic nitrogens is 2. The maximum Gasteiger partial charge on any atom is 0.261 e. The molecule has 3 rings (SSSR count). The number of aromatic hydroxyl groups is 1. The topological polar surface area (TPSA) is 55.1 Å². The Labute approximate surface area is 128 Å². The highest BCUT2D eigenvalue weighted by atomic mass is 35.5. The van der Waals surface area contributed by atoms with Gasteiger partial charge in [-0.05, 0) is 25.0 Å². The highest BCUT2D eigenvalue weighted by Crippen LogP contribution is 2.33. The van der Waals surface area contributed by atoms with Gasteiger partial charge in [-0.25, -0.2) is 0 Å². The summed E-state index contributed by atoms with van der Waals surface area (Å²) in [5.41, 5.74) is 0.327. The van der Waals surface area contributed by atoms with Gasteiger partial charge in [-0.1, -0.05) is 43.0 Å². The fourth-order valence-corrected chi connectivity index (χ4v) is 3.22. The molecule has 5 heteroatoms. The average Bonchev–Trinajstić information content (AvgIpc) is 2.49. The van der Waals surface area contributed by atoms with Crippen LogP contribution in [-0.2, 0) is 0 Å². The maximum atomic E-state index is 12.4. The van der Waals surface area contributed by atoms with Crippen LogP contribution in [0.25, 0.3) is 5.69 Å². The molecule has 1 aliphatic carbocycles. The number of hydrogen-bond donors (Lipinski definition) is 1. The first kappa shape index (κ1) is 14.1. The zero-order valence-corrected chi connectivity index (χ0v) is 12.4. The van der Waals surface area contributed by atoms with Crippen LogP contribution in [0.3, 0.4) is 0 Å². The predicted molar refractivity (Wildman–Crippen MR) is 82.3 cm³/mol. The molecule has 0 spiro atoms. The van der Waals surface area contributed by atoms with Crippen LogP contribution in [0.5, 0.6) is 5.88 Å². The first-order valence-electron chi connectivity index (χ1n) is 7.24. The Morgan fingerprint density at radius 3 is 2.62 bits per heavy atom. The van der Waals surface area contributed by atoms with Gasteiger partial charge < -0.3 is 5.11 Å². The second-order valence-corrected chi connectivity index (χ2v) is 5.84. The zero-order chi connectivity index (χ0) is 14.8. The molecule has 0 saturated heterocycles. The van der Waals surface area contributed by atoms with Crippen LogP contribution in [0, 0.1) is 0 Å². The van der Waals surface area contributed by atoms with E-state index in [0.717, 1.165) is 31.7 Å². The molecule has 0 amide bonds. The minimum absolute atomic E-state index is 0.190. The molecule has 1 N–H and O–H groups in total. The summed E-state index contributed by atoms with van der Waals surface area (Å²) < 4.78 is 1.54. The minimum Gasteiger partial charge on any atom is -0.493 e. The van der Waals surface area contributed by atoms with Gasteiger partial charge in [0.1, 0.15) is 5.82 Å². The number of benzene rings is 1. The Morgan fingerprint density at radius 2 is 1.90 bits per heavy atom. The summed E-state index contributed by atoms with van der Waals surface area (Å²) in [6.07, 6.45) is 5.43. The molecule has 21 heavy (non-hydrogen) atoms. The third-order valence-corrected chi connectivity index (χ3v) is 4.31. The lowest BCUT2D eigenvalue weighted by molar-refractivity contribution is 0.402. The highest BCUT2D eigenvalue weighted by Gasteiger charge is 2.23. The minimum atomic E-state index is -0.295. The quantitative estimate of drug-likeness (QED) is 0.921. The van der Waals surface area contributed by atoms with Gasteiger partial charge in [0.25, 0.3) is 5.56 Å². The molecule has 1 saturated carbocycles. The van der Waals surface area contributed by atoms with Gasteiger partial charge in [0.2, 0.25) is 5.88 Å². The van der Waals surface area contributed by atoms with E-state index in [9.17, 15) is 9.90 Å². The Kier molecular flexibility index (Phi) is 3.97. The van der Waals surface area contributed by atoms with Gasteiger partial charge in [0.15, 0.2) is 0 Å². The van der Waals surface area contributed by atoms with Crippen LogP contribution >= 0.6 is 11.6 Å². The van der Waals surface area contributed by atoms with E-state index in [1.807, 2.05) is 12.1 Å². The van der Waals surface area contributed by atoms with E-state index in [1.54, 1.807) is 12.1 Å². The van der Waals surface area contributed by atoms with Crippen molar-refractivity contribution in [3.8, 4) is 11.6 Å². The number of nitrogens with zero attached hydrogens (tertiary/aromatic N) is 2. The van der Waals surface area contributed by atoms with Crippen molar-refractivity contribution in [2.24, 2.45) is 0 Å². The first-order valence-corrected chi connectivity index (χ1v) is 7.62. The third-order valence-electron chi connectivity index (χ3n) is 3.99. The van der Waals surface area contributed by atoms with Crippen molar-refractivity contribution in [3.05, 3.63) is 51.5 Å². The molecule has 0 atom stereocenters. The van der Waals surface area contributed by atoms with Crippen molar-refractivity contribution in [1.82, 2.24) is 9.55 Å². The Morgan fingerprint density at radius 1 is 1.19 bits per heavy atom. The van der Waals surface area contributed by atoms with Crippen LogP contribution in [0.2, 0.25) is 5.02 Å². The molecule has 4 nitrogen and oxygen atoms in total. The van der Waals surface area contributed by atoms with Gasteiger partial charge in [-0.2, -0.15) is 4.98 Å². The molecule has 1 heterocycles. The molecule has 1 aliphatic rings. The van der Waals surface area contributed by atoms with Gasteiger partial charge >= 0.3 is 0 Å². The molecule has 0 aliphatic heterocycles. The number of rotatable bonds is 2. The summed E-state index contributed by atoms with van der Waals surface area (Å²) in [5.74, 6) is 0.589. The molecule has 110 valence electrons. The van der Waals surface area contributed by atoms with Crippen molar-refractivity contribution in [3.63, 3.8) is 0 Å². The molecule has 0 unspecified atom stereocenters. The van der Waals surface area contributed by atoms with Crippen LogP contribution < -0.4 is 5.56 Å². The van der Waals surface area contributed by atoms with Gasteiger partial charge in [0, 0.05) is 5.92 Å². The second kappa shape index (κ2) is 5.90. The van der Waals surface area contributed by atoms with Gasteiger partial charge in [-0.3, -0.25) is 9.36 Å². The fourth-order valence-electron chi connectivity index (χ4n) is 3.00. The summed E-state index contributed by atoms with van der Waals surface area (Å²) >= 11 is 6.23. The number of hydrogen-bond acceptors (Lipinski definition) is 3. The molecule has 2 aromatic rings. The van der Waals surface area contributed by atoms with E-state index in [4.69, 9.17) is 11.6 Å². The van der Waals surface area contributed by atoms with Crippen molar-refractivity contribution in [2.75, 3.05) is 0 Å². The summed E-state index contributed by atoms with van der Waals surface area (Å²) in [5, 5.41) is 10.2. The van der Waals surface area contributed by atoms with Crippen molar-refractivity contribution >= 4 is 11.6 Å². The van der Waals surface area contributed by atoms with E-state index in [1.165, 1.54) is 11.0 Å². The largest absolute Gasteiger partial charge is 0.493 e. The van der Waals surface area contributed by atoms with E-state index < -0.39 is 0 Å². The summed E-state index contributed by atoms with van der Waals surface area (Å²) in [6.45, 7) is 0. The second-order valence-electron chi connectivity index (χ2n) is 5.43. The monoisotopic (exact) mass is 304 g/mol. The third kappa shape index (κ3) is 2.81. The molecule has 1 fully saturated rings. The SMILES string of the molecule is O=c1cc(O)nc(C2CCCCC2)n1-c1ccccc1Cl. The molecular weight excluding hydrogens is 288 g/mol. The fraction of sp³-hybridized carbons (Fsp3) is 0.375. The molecular formula is C16H17ClN2O2. The standard InChI is InChI=1S/C16H17ClN2O2/c17-12-8-4-5-9-13(12)19-15(21)10-14(20)18-16(19)11-6-2-1-3-7-11/h4-5,8-11,20H,1-3,6-7H2. The van der Waals surface area contributed by atoms with E-state index >= 15 is 0 Å². The van der Waals surface area contributed by atoms with Crippen LogP contribution in [0.4, 0.5) is 0 Å². The molecule has 0 radical (unpaired) electrons. The van der Waals surface area contributed by atoms with Crippen LogP contribution in [-0.4, -0.2) is 14.7 Å². The van der Waals surface area contributed by atoms with Crippen molar-refractivity contribution in [2.45, 2.75) is 38.0 Å². The smallest absolute Gasteiger partial charge is 0.261 e. The number of para-hydroxylation sites is 1. The predicted octanol–water partition coefficient (Wildman–Crippen LogP) is 3.64. The molecule has 1 aromatic carbocycles. The van der Waals surface area contributed by atoms with Crippen molar-refractivity contribution in [1.29, 1.82) is 0 Å². The lowest BCUT2D eigenvalue weighted by Crippen LogP contribution is -2.25. The Hall–Kier alpha value is -1.81. The molecule has 0 bridgehead atoms. The van der Waals surface area contributed by atoms with Crippen LogP contribution in [0.1, 0.15) is 43.8 Å². The number of halogens is 1. The van der Waals surface area contributed by atoms with Gasteiger partial charge in [-0.15, -0.1) is 0 Å². The van der Waals surface area contributed by atoms with E-state index in [2.05, 4.69) is 4.98 Å².